The minimum Gasteiger partial charge on any atom is -0.478 e. The van der Waals surface area contributed by atoms with E-state index >= 15 is 0 Å². The molecule has 0 radical (unpaired) electrons. The normalized spacial score (nSPS) is 9.84. The molecule has 0 heterocycles. The number of carbonyl (C=O) groups is 2. The van der Waals surface area contributed by atoms with E-state index in [9.17, 15) is 9.59 Å². The van der Waals surface area contributed by atoms with Crippen LogP contribution in [-0.2, 0) is 0 Å². The molecule has 0 saturated carbocycles. The number of nitrogens with zero attached hydrogens (tertiary/aromatic N) is 1. The molecule has 2 rings (SSSR count). The van der Waals surface area contributed by atoms with Gasteiger partial charge in [-0.05, 0) is 23.6 Å². The fraction of sp³-hybridized carbons (Fsp3) is 0. The van der Waals surface area contributed by atoms with Crippen molar-refractivity contribution < 1.29 is 24.5 Å². The van der Waals surface area contributed by atoms with Crippen LogP contribution in [-0.4, -0.2) is 22.2 Å². The molecule has 0 fully saturated rings. The molecule has 0 bridgehead atoms. The van der Waals surface area contributed by atoms with E-state index in [0.29, 0.717) is 10.8 Å². The van der Waals surface area contributed by atoms with Gasteiger partial charge in [-0.1, -0.05) is 12.1 Å². The maximum atomic E-state index is 11.2. The van der Waals surface area contributed by atoms with E-state index in [-0.39, 0.29) is 16.9 Å². The number of aromatic carboxylic acids is 2. The average Bonchev–Trinajstić information content (AvgIpc) is 2.37. The molecule has 2 N–H and O–H groups in total. The van der Waals surface area contributed by atoms with Crippen molar-refractivity contribution in [1.82, 2.24) is 0 Å². The van der Waals surface area contributed by atoms with Crippen LogP contribution < -0.4 is 4.74 Å². The zero-order valence-electron chi connectivity index (χ0n) is 9.45. The highest BCUT2D eigenvalue weighted by atomic mass is 16.5. The summed E-state index contributed by atoms with van der Waals surface area (Å²) in [6, 6.07) is 6.86. The van der Waals surface area contributed by atoms with E-state index in [2.05, 4.69) is 4.74 Å². The highest BCUT2D eigenvalue weighted by Crippen LogP contribution is 2.28. The highest BCUT2D eigenvalue weighted by Gasteiger charge is 2.17. The van der Waals surface area contributed by atoms with Crippen molar-refractivity contribution in [3.05, 3.63) is 41.5 Å². The molecule has 94 valence electrons. The molecule has 0 amide bonds. The third kappa shape index (κ3) is 2.17. The Morgan fingerprint density at radius 3 is 2.42 bits per heavy atom. The van der Waals surface area contributed by atoms with E-state index in [1.165, 1.54) is 36.6 Å². The molecule has 0 spiro atoms. The lowest BCUT2D eigenvalue weighted by molar-refractivity contribution is 0.0686. The molecular formula is C13H7NO5. The maximum Gasteiger partial charge on any atom is 0.340 e. The summed E-state index contributed by atoms with van der Waals surface area (Å²) < 4.78 is 4.59. The summed E-state index contributed by atoms with van der Waals surface area (Å²) in [7, 11) is 0. The molecule has 0 saturated heterocycles. The average molecular weight is 257 g/mol. The quantitative estimate of drug-likeness (QED) is 0.815. The predicted octanol–water partition coefficient (Wildman–Crippen LogP) is 2.10. The number of benzene rings is 2. The van der Waals surface area contributed by atoms with Crippen molar-refractivity contribution in [3.8, 4) is 12.0 Å². The number of carboxylic acid groups (broad SMARTS) is 2. The topological polar surface area (TPSA) is 108 Å². The fourth-order valence-electron chi connectivity index (χ4n) is 1.80. The predicted molar refractivity (Wildman–Crippen MR) is 64.1 cm³/mol. The molecule has 0 aromatic heterocycles. The molecule has 0 unspecified atom stereocenters. The fourth-order valence-corrected chi connectivity index (χ4v) is 1.80. The largest absolute Gasteiger partial charge is 0.478 e. The van der Waals surface area contributed by atoms with E-state index in [1.807, 2.05) is 0 Å². The summed E-state index contributed by atoms with van der Waals surface area (Å²) in [6.45, 7) is 0. The molecule has 0 aliphatic carbocycles. The summed E-state index contributed by atoms with van der Waals surface area (Å²) in [5.41, 5.74) is -0.117. The van der Waals surface area contributed by atoms with Crippen LogP contribution >= 0.6 is 0 Å². The van der Waals surface area contributed by atoms with Gasteiger partial charge in [0.25, 0.3) is 6.26 Å². The van der Waals surface area contributed by atoms with Crippen LogP contribution in [0, 0.1) is 11.5 Å². The van der Waals surface area contributed by atoms with Crippen molar-refractivity contribution in [1.29, 1.82) is 5.26 Å². The number of hydrogen-bond acceptors (Lipinski definition) is 4. The van der Waals surface area contributed by atoms with Gasteiger partial charge < -0.3 is 14.9 Å². The van der Waals surface area contributed by atoms with Gasteiger partial charge in [-0.15, -0.1) is 5.26 Å². The first kappa shape index (κ1) is 12.4. The lowest BCUT2D eigenvalue weighted by Gasteiger charge is -2.07. The summed E-state index contributed by atoms with van der Waals surface area (Å²) >= 11 is 0. The van der Waals surface area contributed by atoms with E-state index in [4.69, 9.17) is 15.5 Å². The molecular weight excluding hydrogens is 250 g/mol. The Hall–Kier alpha value is -3.07. The van der Waals surface area contributed by atoms with Crippen LogP contribution in [0.4, 0.5) is 0 Å². The second-order valence-corrected chi connectivity index (χ2v) is 3.68. The SMILES string of the molecule is N#COc1ccc2cc(C(=O)O)ccc2c1C(=O)O. The third-order valence-electron chi connectivity index (χ3n) is 2.60. The van der Waals surface area contributed by atoms with Gasteiger partial charge in [-0.25, -0.2) is 9.59 Å². The van der Waals surface area contributed by atoms with Crippen LogP contribution in [0.1, 0.15) is 20.7 Å². The van der Waals surface area contributed by atoms with Gasteiger partial charge in [-0.3, -0.25) is 0 Å². The minimum atomic E-state index is -1.25. The molecule has 0 aliphatic rings. The monoisotopic (exact) mass is 257 g/mol. The Bertz CT molecular complexity index is 730. The number of rotatable bonds is 3. The summed E-state index contributed by atoms with van der Waals surface area (Å²) in [6.07, 6.45) is 1.42. The summed E-state index contributed by atoms with van der Waals surface area (Å²) in [5, 5.41) is 27.3. The zero-order valence-corrected chi connectivity index (χ0v) is 9.45. The van der Waals surface area contributed by atoms with Crippen LogP contribution in [0.5, 0.6) is 5.75 Å². The Labute approximate surface area is 107 Å². The second kappa shape index (κ2) is 4.66. The minimum absolute atomic E-state index is 0.0535. The van der Waals surface area contributed by atoms with E-state index in [1.54, 1.807) is 0 Å². The number of hydrogen-bond donors (Lipinski definition) is 2. The summed E-state index contributed by atoms with van der Waals surface area (Å²) in [4.78, 5) is 22.1. The van der Waals surface area contributed by atoms with Gasteiger partial charge in [-0.2, -0.15) is 0 Å². The number of ether oxygens (including phenoxy) is 1. The Morgan fingerprint density at radius 2 is 1.84 bits per heavy atom. The maximum absolute atomic E-state index is 11.2. The molecule has 6 heteroatoms. The first-order valence-electron chi connectivity index (χ1n) is 5.14. The molecule has 19 heavy (non-hydrogen) atoms. The van der Waals surface area contributed by atoms with Gasteiger partial charge >= 0.3 is 11.9 Å². The molecule has 2 aromatic rings. The molecule has 6 nitrogen and oxygen atoms in total. The van der Waals surface area contributed by atoms with Crippen molar-refractivity contribution in [2.45, 2.75) is 0 Å². The smallest absolute Gasteiger partial charge is 0.340 e. The van der Waals surface area contributed by atoms with E-state index in [0.717, 1.165) is 0 Å². The number of fused-ring (bicyclic) bond motifs is 1. The Kier molecular flexibility index (Phi) is 3.04. The van der Waals surface area contributed by atoms with Crippen LogP contribution in [0.2, 0.25) is 0 Å². The van der Waals surface area contributed by atoms with Gasteiger partial charge in [0.1, 0.15) is 5.56 Å². The standard InChI is InChI=1S/C13H7NO5/c14-6-19-10-4-2-7-5-8(12(15)16)1-3-9(7)11(10)13(17)18/h1-5H,(H,15,16)(H,17,18). The molecule has 0 atom stereocenters. The lowest BCUT2D eigenvalue weighted by Crippen LogP contribution is -2.02. The van der Waals surface area contributed by atoms with Crippen molar-refractivity contribution >= 4 is 22.7 Å². The van der Waals surface area contributed by atoms with Gasteiger partial charge in [0.15, 0.2) is 5.75 Å². The van der Waals surface area contributed by atoms with Crippen LogP contribution in [0.15, 0.2) is 30.3 Å². The van der Waals surface area contributed by atoms with Gasteiger partial charge in [0.05, 0.1) is 5.56 Å². The number of carboxylic acids is 2. The van der Waals surface area contributed by atoms with Crippen molar-refractivity contribution in [3.63, 3.8) is 0 Å². The van der Waals surface area contributed by atoms with E-state index < -0.39 is 11.9 Å². The van der Waals surface area contributed by atoms with Crippen molar-refractivity contribution in [2.24, 2.45) is 0 Å². The molecule has 2 aromatic carbocycles. The Balaban J connectivity index is 2.76. The third-order valence-corrected chi connectivity index (χ3v) is 2.60. The summed E-state index contributed by atoms with van der Waals surface area (Å²) in [5.74, 6) is -2.43. The first-order valence-corrected chi connectivity index (χ1v) is 5.14. The Morgan fingerprint density at radius 1 is 1.11 bits per heavy atom. The number of nitriles is 1. The zero-order chi connectivity index (χ0) is 14.0. The second-order valence-electron chi connectivity index (χ2n) is 3.68. The van der Waals surface area contributed by atoms with Crippen molar-refractivity contribution in [2.75, 3.05) is 0 Å². The van der Waals surface area contributed by atoms with Gasteiger partial charge in [0, 0.05) is 5.39 Å². The van der Waals surface area contributed by atoms with Gasteiger partial charge in [0.2, 0.25) is 0 Å². The lowest BCUT2D eigenvalue weighted by atomic mass is 10.0. The van der Waals surface area contributed by atoms with Crippen LogP contribution in [0.3, 0.4) is 0 Å². The first-order chi connectivity index (χ1) is 9.04. The highest BCUT2D eigenvalue weighted by molar-refractivity contribution is 6.07. The van der Waals surface area contributed by atoms with Crippen LogP contribution in [0.25, 0.3) is 10.8 Å². The molecule has 0 aliphatic heterocycles.